The predicted octanol–water partition coefficient (Wildman–Crippen LogP) is 7.52. The van der Waals surface area contributed by atoms with Gasteiger partial charge in [-0.3, -0.25) is 0 Å². The van der Waals surface area contributed by atoms with Crippen LogP contribution in [-0.2, 0) is 56.8 Å². The maximum atomic E-state index is 5.92. The fourth-order valence-electron chi connectivity index (χ4n) is 6.84. The lowest BCUT2D eigenvalue weighted by atomic mass is 9.97. The molecular weight excluding hydrogens is 1050 g/mol. The van der Waals surface area contributed by atoms with Crippen molar-refractivity contribution in [3.05, 3.63) is 154 Å². The zero-order valence-corrected chi connectivity index (χ0v) is 47.9. The zero-order chi connectivity index (χ0) is 57.6. The van der Waals surface area contributed by atoms with E-state index in [9.17, 15) is 0 Å². The number of hydrogen-bond acceptors (Lipinski definition) is 16. The number of benzene rings is 5. The van der Waals surface area contributed by atoms with Gasteiger partial charge in [0.15, 0.2) is 0 Å². The van der Waals surface area contributed by atoms with Gasteiger partial charge >= 0.3 is 0 Å². The molecule has 0 radical (unpaired) electrons. The molecular formula is C66H78O16. The molecule has 0 saturated heterocycles. The summed E-state index contributed by atoms with van der Waals surface area (Å²) in [4.78, 5) is 0. The van der Waals surface area contributed by atoms with Gasteiger partial charge in [0, 0.05) is 72.9 Å². The van der Waals surface area contributed by atoms with Crippen LogP contribution in [0.15, 0.2) is 109 Å². The van der Waals surface area contributed by atoms with E-state index in [1.165, 1.54) is 0 Å². The van der Waals surface area contributed by atoms with E-state index in [0.29, 0.717) is 204 Å². The first-order valence-electron chi connectivity index (χ1n) is 27.3. The van der Waals surface area contributed by atoms with E-state index in [1.54, 1.807) is 28.4 Å². The Bertz CT molecular complexity index is 2360. The molecule has 0 saturated carbocycles. The van der Waals surface area contributed by atoms with E-state index in [-0.39, 0.29) is 0 Å². The summed E-state index contributed by atoms with van der Waals surface area (Å²) in [5.74, 6) is 29.8. The van der Waals surface area contributed by atoms with Crippen molar-refractivity contribution in [1.29, 1.82) is 0 Å². The van der Waals surface area contributed by atoms with Gasteiger partial charge in [-0.25, -0.2) is 0 Å². The Balaban J connectivity index is 1.37. The van der Waals surface area contributed by atoms with Crippen molar-refractivity contribution in [2.24, 2.45) is 0 Å². The first-order chi connectivity index (χ1) is 40.6. The maximum Gasteiger partial charge on any atom is 0.119 e. The van der Waals surface area contributed by atoms with Gasteiger partial charge in [0.05, 0.1) is 132 Å². The Hall–Kier alpha value is -6.94. The van der Waals surface area contributed by atoms with Crippen LogP contribution in [0.2, 0.25) is 0 Å². The van der Waals surface area contributed by atoms with Crippen molar-refractivity contribution in [3.63, 3.8) is 0 Å². The highest BCUT2D eigenvalue weighted by Crippen LogP contribution is 2.20. The number of methoxy groups -OCH3 is 4. The van der Waals surface area contributed by atoms with Gasteiger partial charge in [-0.15, -0.1) is 0 Å². The summed E-state index contributed by atoms with van der Waals surface area (Å²) in [5, 5.41) is 0. The highest BCUT2D eigenvalue weighted by Gasteiger charge is 2.08. The molecule has 0 unspecified atom stereocenters. The quantitative estimate of drug-likeness (QED) is 0.0281. The normalized spacial score (nSPS) is 10.6. The van der Waals surface area contributed by atoms with Crippen molar-refractivity contribution in [2.45, 2.75) is 0 Å². The number of hydrogen-bond donors (Lipinski definition) is 0. The van der Waals surface area contributed by atoms with Gasteiger partial charge in [0.1, 0.15) is 49.4 Å². The molecule has 0 aromatic heterocycles. The van der Waals surface area contributed by atoms with Gasteiger partial charge in [0.25, 0.3) is 0 Å². The van der Waals surface area contributed by atoms with E-state index in [2.05, 4.69) is 47.4 Å². The van der Waals surface area contributed by atoms with E-state index in [4.69, 9.17) is 75.8 Å². The second kappa shape index (κ2) is 43.7. The average Bonchev–Trinajstić information content (AvgIpc) is 3.70. The van der Waals surface area contributed by atoms with Gasteiger partial charge in [-0.05, 0) is 109 Å². The molecule has 0 atom stereocenters. The Kier molecular flexibility index (Phi) is 35.1. The molecule has 5 rings (SSSR count). The van der Waals surface area contributed by atoms with Crippen LogP contribution in [0, 0.1) is 47.4 Å². The molecule has 0 fully saturated rings. The Morgan fingerprint density at radius 3 is 0.561 bits per heavy atom. The summed E-state index contributed by atoms with van der Waals surface area (Å²) in [5.41, 5.74) is 5.83. The molecule has 0 aliphatic rings. The van der Waals surface area contributed by atoms with Crippen LogP contribution < -0.4 is 18.9 Å². The average molecular weight is 1130 g/mol. The molecule has 5 aromatic carbocycles. The minimum absolute atomic E-state index is 0.394. The second-order valence-electron chi connectivity index (χ2n) is 17.3. The van der Waals surface area contributed by atoms with Crippen molar-refractivity contribution >= 4 is 0 Å². The Labute approximate surface area is 485 Å². The lowest BCUT2D eigenvalue weighted by Crippen LogP contribution is -2.12. The van der Waals surface area contributed by atoms with Gasteiger partial charge in [-0.2, -0.15) is 0 Å². The summed E-state index contributed by atoms with van der Waals surface area (Å²) in [7, 11) is 6.57. The number of rotatable bonds is 40. The van der Waals surface area contributed by atoms with Crippen LogP contribution in [0.3, 0.4) is 0 Å². The topological polar surface area (TPSA) is 148 Å². The largest absolute Gasteiger partial charge is 0.491 e. The molecule has 16 heteroatoms. The van der Waals surface area contributed by atoms with Crippen LogP contribution in [-0.4, -0.2) is 187 Å². The van der Waals surface area contributed by atoms with Gasteiger partial charge in [0.2, 0.25) is 0 Å². The minimum Gasteiger partial charge on any atom is -0.491 e. The standard InChI is InChI=1S/C66H78O16/c1-67-29-33-71-37-41-75-45-49-79-63-21-9-55(10-22-63)5-17-59-53-61(19-7-57-13-25-65(26-14-57)81-51-47-77-43-39-73-35-31-69-3)62(20-8-58-15-27-66(28-16-58)82-52-48-78-44-40-74-36-32-70-4)54-60(59)18-6-56-11-23-64(24-12-56)80-50-46-76-42-38-72-34-30-68-2/h9-16,21-28,53-54H,29-52H2,1-4H3. The molecule has 16 nitrogen and oxygen atoms in total. The van der Waals surface area contributed by atoms with Crippen LogP contribution in [0.25, 0.3) is 0 Å². The van der Waals surface area contributed by atoms with Crippen molar-refractivity contribution < 1.29 is 75.8 Å². The summed E-state index contributed by atoms with van der Waals surface area (Å²) in [6, 6.07) is 34.3. The van der Waals surface area contributed by atoms with E-state index in [0.717, 1.165) is 22.3 Å². The van der Waals surface area contributed by atoms with Crippen LogP contribution in [0.1, 0.15) is 44.5 Å². The molecule has 0 aliphatic carbocycles. The highest BCUT2D eigenvalue weighted by atomic mass is 16.6. The van der Waals surface area contributed by atoms with Crippen LogP contribution >= 0.6 is 0 Å². The molecule has 5 aromatic rings. The predicted molar refractivity (Wildman–Crippen MR) is 312 cm³/mol. The lowest BCUT2D eigenvalue weighted by Gasteiger charge is -2.08. The van der Waals surface area contributed by atoms with E-state index < -0.39 is 0 Å². The monoisotopic (exact) mass is 1130 g/mol. The third-order valence-electron chi connectivity index (χ3n) is 11.1. The smallest absolute Gasteiger partial charge is 0.119 e. The third-order valence-corrected chi connectivity index (χ3v) is 11.1. The SMILES string of the molecule is COCCOCCOCCOc1ccc(C#Cc2cc(C#Cc3ccc(OCCOCCOCCOC)cc3)c(C#Cc3ccc(OCCOCCOCCOC)cc3)cc2C#Cc2ccc(OCCOCCOCCOC)cc2)cc1. The second-order valence-corrected chi connectivity index (χ2v) is 17.3. The first-order valence-corrected chi connectivity index (χ1v) is 27.3. The fourth-order valence-corrected chi connectivity index (χ4v) is 6.84. The molecule has 0 amide bonds. The summed E-state index contributed by atoms with van der Waals surface area (Å²) < 4.78 is 88.0. The zero-order valence-electron chi connectivity index (χ0n) is 47.9. The van der Waals surface area contributed by atoms with Gasteiger partial charge in [-0.1, -0.05) is 47.4 Å². The third kappa shape index (κ3) is 29.7. The van der Waals surface area contributed by atoms with Crippen LogP contribution in [0.5, 0.6) is 23.0 Å². The molecule has 0 spiro atoms. The summed E-state index contributed by atoms with van der Waals surface area (Å²) in [6.45, 7) is 11.5. The molecule has 0 N–H and O–H groups in total. The number of ether oxygens (including phenoxy) is 16. The summed E-state index contributed by atoms with van der Waals surface area (Å²) >= 11 is 0. The summed E-state index contributed by atoms with van der Waals surface area (Å²) in [6.07, 6.45) is 0. The fraction of sp³-hybridized carbons (Fsp3) is 0.424. The van der Waals surface area contributed by atoms with E-state index >= 15 is 0 Å². The first kappa shape index (κ1) is 65.9. The molecule has 438 valence electrons. The highest BCUT2D eigenvalue weighted by molar-refractivity contribution is 5.64. The van der Waals surface area contributed by atoms with E-state index in [1.807, 2.05) is 109 Å². The molecule has 0 heterocycles. The minimum atomic E-state index is 0.394. The molecule has 0 aliphatic heterocycles. The van der Waals surface area contributed by atoms with Crippen molar-refractivity contribution in [3.8, 4) is 70.4 Å². The molecule has 82 heavy (non-hydrogen) atoms. The van der Waals surface area contributed by atoms with Crippen molar-refractivity contribution in [2.75, 3.05) is 187 Å². The van der Waals surface area contributed by atoms with Crippen molar-refractivity contribution in [1.82, 2.24) is 0 Å². The van der Waals surface area contributed by atoms with Gasteiger partial charge < -0.3 is 75.8 Å². The Morgan fingerprint density at radius 1 is 0.207 bits per heavy atom. The Morgan fingerprint density at radius 2 is 0.378 bits per heavy atom. The van der Waals surface area contributed by atoms with Crippen LogP contribution in [0.4, 0.5) is 0 Å². The maximum absolute atomic E-state index is 5.92. The lowest BCUT2D eigenvalue weighted by molar-refractivity contribution is 0.0180. The molecule has 0 bridgehead atoms.